The Hall–Kier alpha value is -0.970. The molecule has 0 radical (unpaired) electrons. The van der Waals surface area contributed by atoms with E-state index in [1.807, 2.05) is 11.9 Å². The summed E-state index contributed by atoms with van der Waals surface area (Å²) in [5, 5.41) is 9.43. The van der Waals surface area contributed by atoms with E-state index in [0.29, 0.717) is 6.54 Å². The zero-order valence-electron chi connectivity index (χ0n) is 11.1. The second-order valence-corrected chi connectivity index (χ2v) is 4.74. The fraction of sp³-hybridized carbons (Fsp3) is 0.571. The van der Waals surface area contributed by atoms with Gasteiger partial charge in [-0.3, -0.25) is 4.90 Å². The van der Waals surface area contributed by atoms with E-state index in [4.69, 9.17) is 5.73 Å². The van der Waals surface area contributed by atoms with Gasteiger partial charge in [-0.2, -0.15) is 0 Å². The van der Waals surface area contributed by atoms with Crippen LogP contribution in [-0.4, -0.2) is 35.7 Å². The maximum Gasteiger partial charge on any atom is 0.123 e. The van der Waals surface area contributed by atoms with Crippen molar-refractivity contribution in [1.82, 2.24) is 4.90 Å². The monoisotopic (exact) mass is 254 g/mol. The minimum atomic E-state index is -0.234. The second-order valence-electron chi connectivity index (χ2n) is 4.74. The number of likely N-dealkylation sites (N-methyl/N-ethyl adjacent to an activating group) is 1. The number of hydrogen-bond acceptors (Lipinski definition) is 3. The molecule has 3 nitrogen and oxygen atoms in total. The van der Waals surface area contributed by atoms with Crippen molar-refractivity contribution in [2.24, 2.45) is 5.73 Å². The molecule has 0 aromatic heterocycles. The van der Waals surface area contributed by atoms with Gasteiger partial charge in [-0.1, -0.05) is 25.5 Å². The van der Waals surface area contributed by atoms with Crippen LogP contribution < -0.4 is 5.73 Å². The first kappa shape index (κ1) is 15.1. The van der Waals surface area contributed by atoms with Crippen molar-refractivity contribution in [1.29, 1.82) is 0 Å². The lowest BCUT2D eigenvalue weighted by atomic mass is 10.0. The van der Waals surface area contributed by atoms with Gasteiger partial charge in [-0.05, 0) is 31.2 Å². The number of rotatable bonds is 7. The summed E-state index contributed by atoms with van der Waals surface area (Å²) in [6, 6.07) is 6.31. The SMILES string of the molecule is CCCC(N)C(CO)N(C)Cc1ccc(F)cc1. The fourth-order valence-corrected chi connectivity index (χ4v) is 2.12. The summed E-state index contributed by atoms with van der Waals surface area (Å²) < 4.78 is 12.8. The molecule has 0 amide bonds. The first-order valence-corrected chi connectivity index (χ1v) is 6.39. The summed E-state index contributed by atoms with van der Waals surface area (Å²) in [6.45, 7) is 2.77. The van der Waals surface area contributed by atoms with Crippen molar-refractivity contribution in [3.8, 4) is 0 Å². The number of halogens is 1. The smallest absolute Gasteiger partial charge is 0.123 e. The Labute approximate surface area is 108 Å². The second kappa shape index (κ2) is 7.46. The van der Waals surface area contributed by atoms with Gasteiger partial charge in [0.05, 0.1) is 6.61 Å². The van der Waals surface area contributed by atoms with E-state index < -0.39 is 0 Å². The highest BCUT2D eigenvalue weighted by Gasteiger charge is 2.20. The predicted octanol–water partition coefficient (Wildman–Crippen LogP) is 1.75. The van der Waals surface area contributed by atoms with Gasteiger partial charge in [-0.15, -0.1) is 0 Å². The van der Waals surface area contributed by atoms with Crippen LogP contribution in [-0.2, 0) is 6.54 Å². The number of nitrogens with zero attached hydrogens (tertiary/aromatic N) is 1. The molecule has 18 heavy (non-hydrogen) atoms. The van der Waals surface area contributed by atoms with Crippen LogP contribution in [0.5, 0.6) is 0 Å². The molecule has 0 aliphatic rings. The first-order valence-electron chi connectivity index (χ1n) is 6.39. The van der Waals surface area contributed by atoms with E-state index in [9.17, 15) is 9.50 Å². The third-order valence-corrected chi connectivity index (χ3v) is 3.21. The number of nitrogens with two attached hydrogens (primary N) is 1. The topological polar surface area (TPSA) is 49.5 Å². The van der Waals surface area contributed by atoms with E-state index in [1.165, 1.54) is 12.1 Å². The molecule has 0 saturated heterocycles. The maximum atomic E-state index is 12.8. The van der Waals surface area contributed by atoms with Crippen molar-refractivity contribution in [3.05, 3.63) is 35.6 Å². The summed E-state index contributed by atoms with van der Waals surface area (Å²) in [7, 11) is 1.93. The quantitative estimate of drug-likeness (QED) is 0.779. The van der Waals surface area contributed by atoms with Crippen molar-refractivity contribution in [3.63, 3.8) is 0 Å². The molecule has 1 rings (SSSR count). The molecule has 2 unspecified atom stereocenters. The van der Waals surface area contributed by atoms with E-state index in [0.717, 1.165) is 18.4 Å². The van der Waals surface area contributed by atoms with Crippen molar-refractivity contribution in [2.75, 3.05) is 13.7 Å². The molecular formula is C14H23FN2O. The Morgan fingerprint density at radius 1 is 1.33 bits per heavy atom. The average Bonchev–Trinajstić information content (AvgIpc) is 2.33. The van der Waals surface area contributed by atoms with Gasteiger partial charge in [0, 0.05) is 18.6 Å². The molecule has 0 saturated carbocycles. The molecule has 1 aromatic rings. The number of hydrogen-bond donors (Lipinski definition) is 2. The van der Waals surface area contributed by atoms with Crippen LogP contribution in [0.3, 0.4) is 0 Å². The van der Waals surface area contributed by atoms with E-state index in [2.05, 4.69) is 6.92 Å². The fourth-order valence-electron chi connectivity index (χ4n) is 2.12. The van der Waals surface area contributed by atoms with Crippen LogP contribution >= 0.6 is 0 Å². The Morgan fingerprint density at radius 3 is 2.44 bits per heavy atom. The summed E-state index contributed by atoms with van der Waals surface area (Å²) in [5.41, 5.74) is 7.07. The van der Waals surface area contributed by atoms with Crippen LogP contribution in [0, 0.1) is 5.82 Å². The highest BCUT2D eigenvalue weighted by atomic mass is 19.1. The lowest BCUT2D eigenvalue weighted by Crippen LogP contribution is -2.48. The Bertz CT molecular complexity index is 342. The summed E-state index contributed by atoms with van der Waals surface area (Å²) in [4.78, 5) is 2.02. The Morgan fingerprint density at radius 2 is 1.94 bits per heavy atom. The van der Waals surface area contributed by atoms with E-state index in [-0.39, 0.29) is 24.5 Å². The lowest BCUT2D eigenvalue weighted by molar-refractivity contribution is 0.118. The third kappa shape index (κ3) is 4.37. The van der Waals surface area contributed by atoms with Crippen molar-refractivity contribution >= 4 is 0 Å². The normalized spacial score (nSPS) is 14.8. The van der Waals surface area contributed by atoms with Crippen molar-refractivity contribution < 1.29 is 9.50 Å². The van der Waals surface area contributed by atoms with Crippen molar-refractivity contribution in [2.45, 2.75) is 38.4 Å². The predicted molar refractivity (Wildman–Crippen MR) is 71.6 cm³/mol. The number of aliphatic hydroxyl groups is 1. The zero-order valence-corrected chi connectivity index (χ0v) is 11.1. The summed E-state index contributed by atoms with van der Waals surface area (Å²) >= 11 is 0. The van der Waals surface area contributed by atoms with E-state index >= 15 is 0 Å². The van der Waals surface area contributed by atoms with Crippen LogP contribution in [0.2, 0.25) is 0 Å². The van der Waals surface area contributed by atoms with E-state index in [1.54, 1.807) is 12.1 Å². The molecule has 0 bridgehead atoms. The molecule has 102 valence electrons. The average molecular weight is 254 g/mol. The summed E-state index contributed by atoms with van der Waals surface area (Å²) in [6.07, 6.45) is 1.89. The molecule has 3 N–H and O–H groups in total. The molecule has 0 spiro atoms. The molecule has 0 aliphatic heterocycles. The van der Waals surface area contributed by atoms with Gasteiger partial charge in [0.2, 0.25) is 0 Å². The number of aliphatic hydroxyl groups excluding tert-OH is 1. The Balaban J connectivity index is 2.61. The van der Waals surface area contributed by atoms with Gasteiger partial charge in [0.15, 0.2) is 0 Å². The van der Waals surface area contributed by atoms with Gasteiger partial charge in [-0.25, -0.2) is 4.39 Å². The highest BCUT2D eigenvalue weighted by Crippen LogP contribution is 2.11. The Kier molecular flexibility index (Phi) is 6.25. The molecule has 0 aliphatic carbocycles. The zero-order chi connectivity index (χ0) is 13.5. The van der Waals surface area contributed by atoms with Crippen LogP contribution in [0.4, 0.5) is 4.39 Å². The molecule has 0 heterocycles. The largest absolute Gasteiger partial charge is 0.395 e. The molecule has 4 heteroatoms. The minimum Gasteiger partial charge on any atom is -0.395 e. The number of benzene rings is 1. The summed E-state index contributed by atoms with van der Waals surface area (Å²) in [5.74, 6) is -0.234. The van der Waals surface area contributed by atoms with Gasteiger partial charge in [0.25, 0.3) is 0 Å². The van der Waals surface area contributed by atoms with Crippen LogP contribution in [0.25, 0.3) is 0 Å². The van der Waals surface area contributed by atoms with Gasteiger partial charge < -0.3 is 10.8 Å². The lowest BCUT2D eigenvalue weighted by Gasteiger charge is -2.31. The molecule has 1 aromatic carbocycles. The third-order valence-electron chi connectivity index (χ3n) is 3.21. The standard InChI is InChI=1S/C14H23FN2O/c1-3-4-13(16)14(10-18)17(2)9-11-5-7-12(15)8-6-11/h5-8,13-14,18H,3-4,9-10,16H2,1-2H3. The first-order chi connectivity index (χ1) is 8.58. The minimum absolute atomic E-state index is 0.0366. The van der Waals surface area contributed by atoms with Gasteiger partial charge >= 0.3 is 0 Å². The molecular weight excluding hydrogens is 231 g/mol. The maximum absolute atomic E-state index is 12.8. The van der Waals surface area contributed by atoms with Gasteiger partial charge in [0.1, 0.15) is 5.82 Å². The van der Waals surface area contributed by atoms with Crippen LogP contribution in [0.15, 0.2) is 24.3 Å². The van der Waals surface area contributed by atoms with Crippen LogP contribution in [0.1, 0.15) is 25.3 Å². The molecule has 2 atom stereocenters. The highest BCUT2D eigenvalue weighted by molar-refractivity contribution is 5.16. The molecule has 0 fully saturated rings.